The smallest absolute Gasteiger partial charge is 0.306 e. The van der Waals surface area contributed by atoms with Crippen LogP contribution >= 0.6 is 0 Å². The van der Waals surface area contributed by atoms with Gasteiger partial charge >= 0.3 is 5.97 Å². The highest BCUT2D eigenvalue weighted by Gasteiger charge is 2.35. The number of aliphatic carboxylic acids is 1. The normalized spacial score (nSPS) is 35.6. The lowest BCUT2D eigenvalue weighted by molar-refractivity contribution is -0.144. The maximum absolute atomic E-state index is 12.0. The molecule has 0 aromatic carbocycles. The van der Waals surface area contributed by atoms with Crippen LogP contribution in [-0.2, 0) is 14.3 Å². The molecule has 0 radical (unpaired) electrons. The van der Waals surface area contributed by atoms with Gasteiger partial charge in [0.2, 0.25) is 5.91 Å². The van der Waals surface area contributed by atoms with E-state index in [1.54, 1.807) is 7.11 Å². The first-order valence-electron chi connectivity index (χ1n) is 6.66. The maximum Gasteiger partial charge on any atom is 0.306 e. The standard InChI is InChI=1S/C13H21NO4/c1-18-11-6-10(7-11)14-12(15)8-3-2-4-9(5-8)13(16)17/h8-11H,2-7H2,1H3,(H,14,15)(H,16,17). The fourth-order valence-corrected chi connectivity index (χ4v) is 2.85. The summed E-state index contributed by atoms with van der Waals surface area (Å²) in [4.78, 5) is 23.0. The molecule has 0 bridgehead atoms. The highest BCUT2D eigenvalue weighted by atomic mass is 16.5. The lowest BCUT2D eigenvalue weighted by Crippen LogP contribution is -2.49. The van der Waals surface area contributed by atoms with Crippen molar-refractivity contribution in [2.45, 2.75) is 50.7 Å². The third-order valence-electron chi connectivity index (χ3n) is 4.17. The van der Waals surface area contributed by atoms with Crippen molar-refractivity contribution in [2.75, 3.05) is 7.11 Å². The average molecular weight is 255 g/mol. The van der Waals surface area contributed by atoms with Crippen molar-refractivity contribution in [3.05, 3.63) is 0 Å². The molecule has 0 spiro atoms. The largest absolute Gasteiger partial charge is 0.481 e. The Morgan fingerprint density at radius 2 is 1.83 bits per heavy atom. The summed E-state index contributed by atoms with van der Waals surface area (Å²) in [6.45, 7) is 0. The first-order chi connectivity index (χ1) is 8.60. The molecule has 0 aromatic rings. The molecule has 1 amide bonds. The number of carbonyl (C=O) groups excluding carboxylic acids is 1. The highest BCUT2D eigenvalue weighted by molar-refractivity contribution is 5.80. The van der Waals surface area contributed by atoms with Crippen LogP contribution in [-0.4, -0.2) is 36.2 Å². The minimum absolute atomic E-state index is 0.0282. The summed E-state index contributed by atoms with van der Waals surface area (Å²) >= 11 is 0. The van der Waals surface area contributed by atoms with Crippen LogP contribution in [0.5, 0.6) is 0 Å². The van der Waals surface area contributed by atoms with Gasteiger partial charge in [0.15, 0.2) is 0 Å². The fourth-order valence-electron chi connectivity index (χ4n) is 2.85. The minimum atomic E-state index is -0.768. The van der Waals surface area contributed by atoms with Gasteiger partial charge in [-0.05, 0) is 32.1 Å². The summed E-state index contributed by atoms with van der Waals surface area (Å²) in [6, 6.07) is 0.215. The summed E-state index contributed by atoms with van der Waals surface area (Å²) in [5, 5.41) is 12.0. The van der Waals surface area contributed by atoms with Gasteiger partial charge in [-0.2, -0.15) is 0 Å². The first-order valence-corrected chi connectivity index (χ1v) is 6.66. The Morgan fingerprint density at radius 1 is 1.17 bits per heavy atom. The van der Waals surface area contributed by atoms with E-state index in [1.165, 1.54) is 0 Å². The van der Waals surface area contributed by atoms with Crippen LogP contribution in [0.2, 0.25) is 0 Å². The molecule has 2 rings (SSSR count). The molecule has 0 aliphatic heterocycles. The van der Waals surface area contributed by atoms with E-state index in [-0.39, 0.29) is 29.9 Å². The van der Waals surface area contributed by atoms with Gasteiger partial charge in [-0.1, -0.05) is 6.42 Å². The number of nitrogens with one attached hydrogen (secondary N) is 1. The van der Waals surface area contributed by atoms with E-state index >= 15 is 0 Å². The van der Waals surface area contributed by atoms with Crippen molar-refractivity contribution in [3.63, 3.8) is 0 Å². The van der Waals surface area contributed by atoms with E-state index in [4.69, 9.17) is 9.84 Å². The Kier molecular flexibility index (Phi) is 4.22. The van der Waals surface area contributed by atoms with Crippen molar-refractivity contribution in [1.82, 2.24) is 5.32 Å². The molecular weight excluding hydrogens is 234 g/mol. The third kappa shape index (κ3) is 3.02. The molecule has 2 unspecified atom stereocenters. The van der Waals surface area contributed by atoms with Crippen molar-refractivity contribution >= 4 is 11.9 Å². The molecule has 5 heteroatoms. The van der Waals surface area contributed by atoms with Crippen molar-refractivity contribution in [1.29, 1.82) is 0 Å². The van der Waals surface area contributed by atoms with Gasteiger partial charge in [-0.3, -0.25) is 9.59 Å². The summed E-state index contributed by atoms with van der Waals surface area (Å²) in [5.41, 5.74) is 0. The maximum atomic E-state index is 12.0. The molecule has 2 N–H and O–H groups in total. The first kappa shape index (κ1) is 13.3. The second kappa shape index (κ2) is 5.69. The number of carboxylic acid groups (broad SMARTS) is 1. The second-order valence-corrected chi connectivity index (χ2v) is 5.43. The highest BCUT2D eigenvalue weighted by Crippen LogP contribution is 2.30. The van der Waals surface area contributed by atoms with Gasteiger partial charge in [0.1, 0.15) is 0 Å². The van der Waals surface area contributed by atoms with Gasteiger partial charge in [-0.15, -0.1) is 0 Å². The summed E-state index contributed by atoms with van der Waals surface area (Å²) in [7, 11) is 1.68. The van der Waals surface area contributed by atoms with Crippen molar-refractivity contribution < 1.29 is 19.4 Å². The molecule has 2 atom stereocenters. The van der Waals surface area contributed by atoms with Crippen molar-refractivity contribution in [3.8, 4) is 0 Å². The minimum Gasteiger partial charge on any atom is -0.481 e. The Hall–Kier alpha value is -1.10. The van der Waals surface area contributed by atoms with Gasteiger partial charge in [0.25, 0.3) is 0 Å². The van der Waals surface area contributed by atoms with Crippen molar-refractivity contribution in [2.24, 2.45) is 11.8 Å². The molecule has 2 saturated carbocycles. The Labute approximate surface area is 107 Å². The summed E-state index contributed by atoms with van der Waals surface area (Å²) in [6.07, 6.45) is 4.86. The molecule has 2 aliphatic carbocycles. The van der Waals surface area contributed by atoms with E-state index in [0.717, 1.165) is 25.7 Å². The topological polar surface area (TPSA) is 75.6 Å². The number of methoxy groups -OCH3 is 1. The van der Waals surface area contributed by atoms with Crippen LogP contribution in [0.4, 0.5) is 0 Å². The number of ether oxygens (including phenoxy) is 1. The molecule has 2 fully saturated rings. The van der Waals surface area contributed by atoms with Crippen LogP contribution in [0.1, 0.15) is 38.5 Å². The molecule has 102 valence electrons. The van der Waals surface area contributed by atoms with Gasteiger partial charge in [-0.25, -0.2) is 0 Å². The molecule has 0 heterocycles. The Balaban J connectivity index is 1.77. The third-order valence-corrected chi connectivity index (χ3v) is 4.17. The van der Waals surface area contributed by atoms with E-state index in [2.05, 4.69) is 5.32 Å². The van der Waals surface area contributed by atoms with E-state index < -0.39 is 5.97 Å². The zero-order valence-corrected chi connectivity index (χ0v) is 10.7. The lowest BCUT2D eigenvalue weighted by atomic mass is 9.80. The van der Waals surface area contributed by atoms with Gasteiger partial charge in [0.05, 0.1) is 12.0 Å². The Morgan fingerprint density at radius 3 is 2.44 bits per heavy atom. The van der Waals surface area contributed by atoms with Gasteiger partial charge < -0.3 is 15.2 Å². The number of amides is 1. The number of hydrogen-bond acceptors (Lipinski definition) is 3. The van der Waals surface area contributed by atoms with Crippen LogP contribution in [0.15, 0.2) is 0 Å². The molecule has 18 heavy (non-hydrogen) atoms. The van der Waals surface area contributed by atoms with Crippen LogP contribution in [0.3, 0.4) is 0 Å². The summed E-state index contributed by atoms with van der Waals surface area (Å²) < 4.78 is 5.16. The van der Waals surface area contributed by atoms with E-state index in [9.17, 15) is 9.59 Å². The quantitative estimate of drug-likeness (QED) is 0.790. The van der Waals surface area contributed by atoms with Crippen LogP contribution in [0.25, 0.3) is 0 Å². The average Bonchev–Trinajstić information content (AvgIpc) is 2.33. The number of rotatable bonds is 4. The SMILES string of the molecule is COC1CC(NC(=O)C2CCCC(C(=O)O)C2)C1. The zero-order chi connectivity index (χ0) is 13.1. The predicted octanol–water partition coefficient (Wildman–Crippen LogP) is 1.17. The predicted molar refractivity (Wildman–Crippen MR) is 65.0 cm³/mol. The lowest BCUT2D eigenvalue weighted by Gasteiger charge is -2.36. The van der Waals surface area contributed by atoms with E-state index in [1.807, 2.05) is 0 Å². The monoisotopic (exact) mass is 255 g/mol. The fraction of sp³-hybridized carbons (Fsp3) is 0.846. The zero-order valence-electron chi connectivity index (χ0n) is 10.7. The van der Waals surface area contributed by atoms with Crippen LogP contribution < -0.4 is 5.32 Å². The number of carboxylic acids is 1. The molecule has 0 saturated heterocycles. The summed E-state index contributed by atoms with van der Waals surface area (Å²) in [5.74, 6) is -1.21. The Bertz CT molecular complexity index is 325. The van der Waals surface area contributed by atoms with Gasteiger partial charge in [0, 0.05) is 19.1 Å². The molecule has 2 aliphatic rings. The van der Waals surface area contributed by atoms with E-state index in [0.29, 0.717) is 12.8 Å². The molecule has 0 aromatic heterocycles. The molecule has 5 nitrogen and oxygen atoms in total. The molecular formula is C13H21NO4. The van der Waals surface area contributed by atoms with Crippen LogP contribution in [0, 0.1) is 11.8 Å². The number of hydrogen-bond donors (Lipinski definition) is 2. The number of carbonyl (C=O) groups is 2. The second-order valence-electron chi connectivity index (χ2n) is 5.43.